The fourth-order valence-corrected chi connectivity index (χ4v) is 1.90. The van der Waals surface area contributed by atoms with Crippen molar-refractivity contribution in [3.05, 3.63) is 23.9 Å². The van der Waals surface area contributed by atoms with E-state index in [1.54, 1.807) is 6.20 Å². The van der Waals surface area contributed by atoms with Crippen LogP contribution in [0.1, 0.15) is 18.0 Å². The smallest absolute Gasteiger partial charge is 0.128 e. The van der Waals surface area contributed by atoms with Gasteiger partial charge >= 0.3 is 0 Å². The van der Waals surface area contributed by atoms with E-state index in [1.165, 1.54) is 0 Å². The highest BCUT2D eigenvalue weighted by molar-refractivity contribution is 5.40. The molecule has 1 unspecified atom stereocenters. The first-order valence-corrected chi connectivity index (χ1v) is 5.96. The minimum atomic E-state index is -0.133. The maximum atomic E-state index is 8.83. The van der Waals surface area contributed by atoms with Gasteiger partial charge < -0.3 is 20.5 Å². The number of ether oxygens (including phenoxy) is 1. The Bertz CT molecular complexity index is 336. The third-order valence-electron chi connectivity index (χ3n) is 2.97. The van der Waals surface area contributed by atoms with Gasteiger partial charge in [-0.1, -0.05) is 6.07 Å². The maximum Gasteiger partial charge on any atom is 0.128 e. The van der Waals surface area contributed by atoms with Crippen LogP contribution in [0.4, 0.5) is 5.82 Å². The zero-order chi connectivity index (χ0) is 12.1. The molecule has 0 saturated carbocycles. The first kappa shape index (κ1) is 12.3. The normalized spacial score (nSPS) is 18.1. The van der Waals surface area contributed by atoms with Crippen LogP contribution < -0.4 is 10.6 Å². The number of nitrogens with two attached hydrogens (primary N) is 1. The molecule has 1 aromatic heterocycles. The number of aromatic nitrogens is 1. The first-order chi connectivity index (χ1) is 8.31. The summed E-state index contributed by atoms with van der Waals surface area (Å²) < 4.78 is 5.30. The molecule has 1 aliphatic heterocycles. The van der Waals surface area contributed by atoms with Crippen LogP contribution >= 0.6 is 0 Å². The van der Waals surface area contributed by atoms with E-state index < -0.39 is 0 Å². The minimum absolute atomic E-state index is 0.104. The second kappa shape index (κ2) is 5.95. The molecule has 17 heavy (non-hydrogen) atoms. The van der Waals surface area contributed by atoms with Gasteiger partial charge in [-0.05, 0) is 18.1 Å². The van der Waals surface area contributed by atoms with Crippen molar-refractivity contribution in [3.8, 4) is 0 Å². The van der Waals surface area contributed by atoms with Crippen molar-refractivity contribution in [2.75, 3.05) is 37.8 Å². The fourth-order valence-electron chi connectivity index (χ4n) is 1.90. The van der Waals surface area contributed by atoms with Crippen molar-refractivity contribution < 1.29 is 9.84 Å². The third kappa shape index (κ3) is 3.15. The van der Waals surface area contributed by atoms with Crippen LogP contribution in [-0.4, -0.2) is 43.0 Å². The lowest BCUT2D eigenvalue weighted by Crippen LogP contribution is -2.36. The topological polar surface area (TPSA) is 71.6 Å². The Balaban J connectivity index is 2.01. The minimum Gasteiger partial charge on any atom is -0.396 e. The largest absolute Gasteiger partial charge is 0.396 e. The van der Waals surface area contributed by atoms with E-state index in [-0.39, 0.29) is 12.6 Å². The van der Waals surface area contributed by atoms with Gasteiger partial charge in [0.25, 0.3) is 0 Å². The summed E-state index contributed by atoms with van der Waals surface area (Å²) in [5, 5.41) is 8.83. The Kier molecular flexibility index (Phi) is 4.30. The van der Waals surface area contributed by atoms with Gasteiger partial charge in [0.15, 0.2) is 0 Å². The second-order valence-electron chi connectivity index (χ2n) is 4.17. The van der Waals surface area contributed by atoms with Crippen molar-refractivity contribution in [2.24, 2.45) is 5.73 Å². The Morgan fingerprint density at radius 2 is 2.18 bits per heavy atom. The molecule has 1 aliphatic rings. The number of pyridine rings is 1. The van der Waals surface area contributed by atoms with Gasteiger partial charge in [0.05, 0.1) is 13.2 Å². The Morgan fingerprint density at radius 3 is 2.76 bits per heavy atom. The lowest BCUT2D eigenvalue weighted by atomic mass is 10.1. The summed E-state index contributed by atoms with van der Waals surface area (Å²) in [5.74, 6) is 0.966. The molecule has 5 nitrogen and oxygen atoms in total. The number of nitrogens with zero attached hydrogens (tertiary/aromatic N) is 2. The zero-order valence-corrected chi connectivity index (χ0v) is 9.88. The number of aliphatic hydroxyl groups excluding tert-OH is 1. The van der Waals surface area contributed by atoms with Crippen molar-refractivity contribution in [1.29, 1.82) is 0 Å². The highest BCUT2D eigenvalue weighted by atomic mass is 16.5. The number of hydrogen-bond donors (Lipinski definition) is 2. The summed E-state index contributed by atoms with van der Waals surface area (Å²) in [6.45, 7) is 3.39. The van der Waals surface area contributed by atoms with Gasteiger partial charge in [-0.3, -0.25) is 0 Å². The summed E-state index contributed by atoms with van der Waals surface area (Å²) in [7, 11) is 0. The first-order valence-electron chi connectivity index (χ1n) is 5.96. The molecule has 1 atom stereocenters. The zero-order valence-electron chi connectivity index (χ0n) is 9.88. The lowest BCUT2D eigenvalue weighted by molar-refractivity contribution is 0.122. The van der Waals surface area contributed by atoms with Crippen LogP contribution in [0.5, 0.6) is 0 Å². The average Bonchev–Trinajstić information content (AvgIpc) is 2.40. The molecular weight excluding hydrogens is 218 g/mol. The van der Waals surface area contributed by atoms with Crippen molar-refractivity contribution in [2.45, 2.75) is 12.5 Å². The molecule has 3 N–H and O–H groups in total. The van der Waals surface area contributed by atoms with Crippen molar-refractivity contribution >= 4 is 5.82 Å². The fraction of sp³-hybridized carbons (Fsp3) is 0.583. The van der Waals surface area contributed by atoms with Crippen LogP contribution in [0, 0.1) is 0 Å². The SMILES string of the molecule is NC(CCO)c1ccc(N2CCOCC2)nc1. The van der Waals surface area contributed by atoms with Gasteiger partial charge in [-0.15, -0.1) is 0 Å². The Morgan fingerprint density at radius 1 is 1.41 bits per heavy atom. The molecule has 2 heterocycles. The summed E-state index contributed by atoms with van der Waals surface area (Å²) in [6.07, 6.45) is 2.36. The molecule has 94 valence electrons. The number of hydrogen-bond acceptors (Lipinski definition) is 5. The number of aliphatic hydroxyl groups is 1. The standard InChI is InChI=1S/C12H19N3O2/c13-11(3-6-16)10-1-2-12(14-9-10)15-4-7-17-8-5-15/h1-2,9,11,16H,3-8,13H2. The predicted octanol–water partition coefficient (Wildman–Crippen LogP) is 0.300. The molecule has 1 fully saturated rings. The van der Waals surface area contributed by atoms with E-state index in [4.69, 9.17) is 15.6 Å². The van der Waals surface area contributed by atoms with E-state index in [2.05, 4.69) is 9.88 Å². The summed E-state index contributed by atoms with van der Waals surface area (Å²) >= 11 is 0. The van der Waals surface area contributed by atoms with E-state index in [0.717, 1.165) is 37.7 Å². The van der Waals surface area contributed by atoms with Crippen LogP contribution in [0.15, 0.2) is 18.3 Å². The van der Waals surface area contributed by atoms with Crippen molar-refractivity contribution in [1.82, 2.24) is 4.98 Å². The molecule has 1 aromatic rings. The van der Waals surface area contributed by atoms with Gasteiger partial charge in [0, 0.05) is 31.9 Å². The predicted molar refractivity (Wildman–Crippen MR) is 65.9 cm³/mol. The number of anilines is 1. The highest BCUT2D eigenvalue weighted by Gasteiger charge is 2.13. The number of rotatable bonds is 4. The van der Waals surface area contributed by atoms with Crippen LogP contribution in [0.25, 0.3) is 0 Å². The lowest BCUT2D eigenvalue weighted by Gasteiger charge is -2.28. The van der Waals surface area contributed by atoms with Crippen LogP contribution in [0.2, 0.25) is 0 Å². The van der Waals surface area contributed by atoms with E-state index in [9.17, 15) is 0 Å². The van der Waals surface area contributed by atoms with Crippen molar-refractivity contribution in [3.63, 3.8) is 0 Å². The molecule has 0 spiro atoms. The van der Waals surface area contributed by atoms with Crippen LogP contribution in [0.3, 0.4) is 0 Å². The molecule has 1 saturated heterocycles. The molecule has 0 radical (unpaired) electrons. The van der Waals surface area contributed by atoms with E-state index >= 15 is 0 Å². The van der Waals surface area contributed by atoms with Gasteiger partial charge in [-0.25, -0.2) is 4.98 Å². The van der Waals surface area contributed by atoms with E-state index in [0.29, 0.717) is 6.42 Å². The molecule has 0 bridgehead atoms. The molecular formula is C12H19N3O2. The highest BCUT2D eigenvalue weighted by Crippen LogP contribution is 2.17. The molecule has 0 aliphatic carbocycles. The number of morpholine rings is 1. The monoisotopic (exact) mass is 237 g/mol. The maximum absolute atomic E-state index is 8.83. The Labute approximate surface area is 101 Å². The average molecular weight is 237 g/mol. The van der Waals surface area contributed by atoms with E-state index in [1.807, 2.05) is 12.1 Å². The third-order valence-corrected chi connectivity index (χ3v) is 2.97. The molecule has 0 aromatic carbocycles. The molecule has 5 heteroatoms. The molecule has 0 amide bonds. The quantitative estimate of drug-likeness (QED) is 0.788. The second-order valence-corrected chi connectivity index (χ2v) is 4.17. The summed E-state index contributed by atoms with van der Waals surface area (Å²) in [6, 6.07) is 3.84. The summed E-state index contributed by atoms with van der Waals surface area (Å²) in [4.78, 5) is 6.61. The van der Waals surface area contributed by atoms with Gasteiger partial charge in [0.1, 0.15) is 5.82 Å². The summed E-state index contributed by atoms with van der Waals surface area (Å²) in [5.41, 5.74) is 6.87. The van der Waals surface area contributed by atoms with Crippen LogP contribution in [-0.2, 0) is 4.74 Å². The molecule has 2 rings (SSSR count). The van der Waals surface area contributed by atoms with Gasteiger partial charge in [0.2, 0.25) is 0 Å². The van der Waals surface area contributed by atoms with Gasteiger partial charge in [-0.2, -0.15) is 0 Å². The Hall–Kier alpha value is -1.17.